The molecule has 2 aromatic rings. The molecule has 1 fully saturated rings. The topological polar surface area (TPSA) is 84.0 Å². The lowest BCUT2D eigenvalue weighted by molar-refractivity contribution is -0.122. The SMILES string of the molecule is CC.CCC(=O)C1C=C(C)C(c2cc3cnc(NC(=O)C4CCC4)cc3cn2)=CN1. The van der Waals surface area contributed by atoms with E-state index in [0.29, 0.717) is 12.2 Å². The molecule has 3 heterocycles. The minimum atomic E-state index is -0.266. The monoisotopic (exact) mass is 406 g/mol. The second-order valence-corrected chi connectivity index (χ2v) is 7.48. The van der Waals surface area contributed by atoms with E-state index in [4.69, 9.17) is 0 Å². The van der Waals surface area contributed by atoms with Crippen LogP contribution in [-0.2, 0) is 9.59 Å². The largest absolute Gasteiger partial charge is 0.378 e. The fourth-order valence-corrected chi connectivity index (χ4v) is 3.51. The Bertz CT molecular complexity index is 1010. The van der Waals surface area contributed by atoms with Crippen molar-refractivity contribution >= 4 is 33.9 Å². The minimum Gasteiger partial charge on any atom is -0.378 e. The fraction of sp³-hybridized carbons (Fsp3) is 0.417. The van der Waals surface area contributed by atoms with E-state index < -0.39 is 0 Å². The van der Waals surface area contributed by atoms with Gasteiger partial charge in [0.1, 0.15) is 11.9 Å². The highest BCUT2D eigenvalue weighted by atomic mass is 16.2. The zero-order valence-corrected chi connectivity index (χ0v) is 18.2. The molecule has 2 N–H and O–H groups in total. The molecule has 6 nitrogen and oxygen atoms in total. The molecule has 2 aliphatic rings. The number of fused-ring (bicyclic) bond motifs is 1. The lowest BCUT2D eigenvalue weighted by atomic mass is 9.85. The van der Waals surface area contributed by atoms with Crippen LogP contribution in [0, 0.1) is 5.92 Å². The van der Waals surface area contributed by atoms with Gasteiger partial charge in [0.15, 0.2) is 5.78 Å². The van der Waals surface area contributed by atoms with Crippen LogP contribution in [-0.4, -0.2) is 27.7 Å². The molecule has 30 heavy (non-hydrogen) atoms. The summed E-state index contributed by atoms with van der Waals surface area (Å²) in [5.41, 5.74) is 2.81. The summed E-state index contributed by atoms with van der Waals surface area (Å²) in [4.78, 5) is 33.0. The Morgan fingerprint density at radius 2 is 1.83 bits per heavy atom. The highest BCUT2D eigenvalue weighted by Gasteiger charge is 2.25. The van der Waals surface area contributed by atoms with Crippen LogP contribution >= 0.6 is 0 Å². The Morgan fingerprint density at radius 1 is 1.13 bits per heavy atom. The summed E-state index contributed by atoms with van der Waals surface area (Å²) in [6.45, 7) is 7.86. The van der Waals surface area contributed by atoms with E-state index in [0.717, 1.165) is 46.9 Å². The van der Waals surface area contributed by atoms with Gasteiger partial charge in [0.2, 0.25) is 5.91 Å². The van der Waals surface area contributed by atoms with Crippen molar-refractivity contribution in [2.75, 3.05) is 5.32 Å². The predicted octanol–water partition coefficient (Wildman–Crippen LogP) is 4.63. The van der Waals surface area contributed by atoms with Crippen LogP contribution in [0.1, 0.15) is 59.1 Å². The molecular formula is C24H30N4O2. The first-order valence-electron chi connectivity index (χ1n) is 10.8. The number of anilines is 1. The van der Waals surface area contributed by atoms with Crippen molar-refractivity contribution in [3.05, 3.63) is 48.1 Å². The number of aromatic nitrogens is 2. The van der Waals surface area contributed by atoms with Crippen LogP contribution in [0.25, 0.3) is 16.3 Å². The Balaban J connectivity index is 0.00000124. The average molecular weight is 407 g/mol. The predicted molar refractivity (Wildman–Crippen MR) is 121 cm³/mol. The highest BCUT2D eigenvalue weighted by molar-refractivity contribution is 5.95. The summed E-state index contributed by atoms with van der Waals surface area (Å²) in [7, 11) is 0. The third-order valence-electron chi connectivity index (χ3n) is 5.55. The molecule has 6 heteroatoms. The molecule has 1 aliphatic heterocycles. The minimum absolute atomic E-state index is 0.0538. The zero-order valence-electron chi connectivity index (χ0n) is 18.2. The van der Waals surface area contributed by atoms with E-state index in [9.17, 15) is 9.59 Å². The number of allylic oxidation sites excluding steroid dienone is 2. The van der Waals surface area contributed by atoms with Gasteiger partial charge in [0, 0.05) is 47.3 Å². The molecule has 158 valence electrons. The molecule has 1 atom stereocenters. The number of dihydropyridines is 1. The average Bonchev–Trinajstić information content (AvgIpc) is 2.73. The van der Waals surface area contributed by atoms with Gasteiger partial charge in [-0.25, -0.2) is 4.98 Å². The van der Waals surface area contributed by atoms with Crippen LogP contribution in [0.15, 0.2) is 42.4 Å². The molecule has 4 rings (SSSR count). The van der Waals surface area contributed by atoms with E-state index >= 15 is 0 Å². The first-order chi connectivity index (χ1) is 14.5. The number of carbonyl (C=O) groups is 2. The molecular weight excluding hydrogens is 376 g/mol. The van der Waals surface area contributed by atoms with Gasteiger partial charge in [-0.3, -0.25) is 14.6 Å². The molecule has 0 spiro atoms. The second-order valence-electron chi connectivity index (χ2n) is 7.48. The normalized spacial score (nSPS) is 18.2. The van der Waals surface area contributed by atoms with Gasteiger partial charge in [-0.05, 0) is 37.5 Å². The first kappa shape index (κ1) is 21.7. The van der Waals surface area contributed by atoms with Crippen LogP contribution in [0.4, 0.5) is 5.82 Å². The molecule has 0 saturated heterocycles. The summed E-state index contributed by atoms with van der Waals surface area (Å²) in [5, 5.41) is 7.93. The van der Waals surface area contributed by atoms with Crippen molar-refractivity contribution in [1.29, 1.82) is 0 Å². The van der Waals surface area contributed by atoms with Gasteiger partial charge in [-0.15, -0.1) is 0 Å². The third-order valence-corrected chi connectivity index (χ3v) is 5.55. The van der Waals surface area contributed by atoms with Gasteiger partial charge < -0.3 is 10.6 Å². The first-order valence-corrected chi connectivity index (χ1v) is 10.8. The number of nitrogens with zero attached hydrogens (tertiary/aromatic N) is 2. The van der Waals surface area contributed by atoms with Crippen molar-refractivity contribution in [1.82, 2.24) is 15.3 Å². The summed E-state index contributed by atoms with van der Waals surface area (Å²) in [6.07, 6.45) is 10.9. The zero-order chi connectivity index (χ0) is 21.7. The smallest absolute Gasteiger partial charge is 0.228 e. The quantitative estimate of drug-likeness (QED) is 0.756. The highest BCUT2D eigenvalue weighted by Crippen LogP contribution is 2.29. The van der Waals surface area contributed by atoms with Crippen molar-refractivity contribution < 1.29 is 9.59 Å². The molecule has 0 aromatic carbocycles. The molecule has 0 radical (unpaired) electrons. The van der Waals surface area contributed by atoms with E-state index in [1.54, 1.807) is 12.4 Å². The van der Waals surface area contributed by atoms with E-state index in [2.05, 4.69) is 20.6 Å². The Labute approximate surface area is 177 Å². The van der Waals surface area contributed by atoms with Crippen LogP contribution in [0.5, 0.6) is 0 Å². The van der Waals surface area contributed by atoms with Crippen LogP contribution in [0.2, 0.25) is 0 Å². The van der Waals surface area contributed by atoms with E-state index in [1.165, 1.54) is 0 Å². The number of nitrogens with one attached hydrogen (secondary N) is 2. The van der Waals surface area contributed by atoms with Crippen LogP contribution in [0.3, 0.4) is 0 Å². The van der Waals surface area contributed by atoms with Crippen molar-refractivity contribution in [3.8, 4) is 0 Å². The molecule has 0 bridgehead atoms. The van der Waals surface area contributed by atoms with Crippen LogP contribution < -0.4 is 10.6 Å². The van der Waals surface area contributed by atoms with Crippen molar-refractivity contribution in [3.63, 3.8) is 0 Å². The van der Waals surface area contributed by atoms with E-state index in [1.807, 2.05) is 52.1 Å². The second kappa shape index (κ2) is 9.65. The van der Waals surface area contributed by atoms with Gasteiger partial charge in [-0.2, -0.15) is 0 Å². The number of hydrogen-bond acceptors (Lipinski definition) is 5. The molecule has 1 aliphatic carbocycles. The summed E-state index contributed by atoms with van der Waals surface area (Å²) in [6, 6.07) is 3.57. The summed E-state index contributed by atoms with van der Waals surface area (Å²) >= 11 is 0. The Kier molecular flexibility index (Phi) is 6.98. The standard InChI is InChI=1S/C22H24N4O2.C2H6/c1-3-20(27)19-7-13(2)17(12-24-19)18-8-15-11-25-21(9-16(15)10-23-18)26-22(28)14-5-4-6-14;1-2/h7-12,14,19,24H,3-6H2,1-2H3,(H,25,26,28);1-2H3. The third kappa shape index (κ3) is 4.58. The van der Waals surface area contributed by atoms with E-state index in [-0.39, 0.29) is 23.7 Å². The molecule has 1 unspecified atom stereocenters. The number of hydrogen-bond donors (Lipinski definition) is 2. The number of amides is 1. The molecule has 2 aromatic heterocycles. The Morgan fingerprint density at radius 3 is 2.47 bits per heavy atom. The summed E-state index contributed by atoms with van der Waals surface area (Å²) in [5.74, 6) is 0.913. The lowest BCUT2D eigenvalue weighted by Gasteiger charge is -2.23. The van der Waals surface area contributed by atoms with Gasteiger partial charge >= 0.3 is 0 Å². The number of Topliss-reactive ketones (excluding diaryl/α,β-unsaturated/α-hetero) is 1. The van der Waals surface area contributed by atoms with Crippen molar-refractivity contribution in [2.45, 2.75) is 59.4 Å². The maximum absolute atomic E-state index is 12.1. The molecule has 1 amide bonds. The maximum Gasteiger partial charge on any atom is 0.228 e. The van der Waals surface area contributed by atoms with Crippen molar-refractivity contribution in [2.24, 2.45) is 5.92 Å². The lowest BCUT2D eigenvalue weighted by Crippen LogP contribution is -2.33. The number of pyridine rings is 2. The summed E-state index contributed by atoms with van der Waals surface area (Å²) < 4.78 is 0. The van der Waals surface area contributed by atoms with Gasteiger partial charge in [-0.1, -0.05) is 33.3 Å². The fourth-order valence-electron chi connectivity index (χ4n) is 3.51. The maximum atomic E-state index is 12.1. The molecule has 1 saturated carbocycles. The number of carbonyl (C=O) groups excluding carboxylic acids is 2. The van der Waals surface area contributed by atoms with Gasteiger partial charge in [0.05, 0.1) is 5.69 Å². The Hall–Kier alpha value is -3.02. The van der Waals surface area contributed by atoms with Gasteiger partial charge in [0.25, 0.3) is 0 Å². The number of rotatable bonds is 5. The number of ketones is 1.